The van der Waals surface area contributed by atoms with Crippen molar-refractivity contribution in [3.63, 3.8) is 0 Å². The van der Waals surface area contributed by atoms with Gasteiger partial charge in [-0.1, -0.05) is 0 Å². The Morgan fingerprint density at radius 3 is 2.60 bits per heavy atom. The highest BCUT2D eigenvalue weighted by Crippen LogP contribution is 2.38. The molecule has 2 aromatic carbocycles. The average molecular weight is 567 g/mol. The van der Waals surface area contributed by atoms with Crippen molar-refractivity contribution in [3.8, 4) is 5.75 Å². The van der Waals surface area contributed by atoms with E-state index in [9.17, 15) is 17.2 Å². The predicted molar refractivity (Wildman–Crippen MR) is 116 cm³/mol. The van der Waals surface area contributed by atoms with Gasteiger partial charge in [-0.2, -0.15) is 0 Å². The van der Waals surface area contributed by atoms with Crippen LogP contribution in [0.1, 0.15) is 11.1 Å². The first kappa shape index (κ1) is 21.9. The molecule has 11 heteroatoms. The Bertz CT molecular complexity index is 1080. The first-order chi connectivity index (χ1) is 14.2. The summed E-state index contributed by atoms with van der Waals surface area (Å²) in [5, 5.41) is 3.30. The minimum absolute atomic E-state index is 0.0987. The van der Waals surface area contributed by atoms with E-state index in [1.54, 1.807) is 12.1 Å². The SMILES string of the molecule is Cc1cc(NS(=O)(=O)c2c(F)c(Br)cc(F)c2Br)cc2c1OC(N1CCNCC1)C2. The summed E-state index contributed by atoms with van der Waals surface area (Å²) in [5.41, 5.74) is 1.90. The van der Waals surface area contributed by atoms with Gasteiger partial charge in [-0.25, -0.2) is 17.2 Å². The van der Waals surface area contributed by atoms with Crippen molar-refractivity contribution in [1.29, 1.82) is 0 Å². The van der Waals surface area contributed by atoms with Gasteiger partial charge >= 0.3 is 0 Å². The Hall–Kier alpha value is -1.27. The van der Waals surface area contributed by atoms with Crippen molar-refractivity contribution >= 4 is 47.6 Å². The van der Waals surface area contributed by atoms with E-state index in [-0.39, 0.29) is 16.4 Å². The molecular weight excluding hydrogens is 548 g/mol. The Kier molecular flexibility index (Phi) is 6.10. The lowest BCUT2D eigenvalue weighted by atomic mass is 10.1. The van der Waals surface area contributed by atoms with Crippen LogP contribution >= 0.6 is 31.9 Å². The fourth-order valence-corrected chi connectivity index (χ4v) is 6.43. The summed E-state index contributed by atoms with van der Waals surface area (Å²) in [5.74, 6) is -1.22. The van der Waals surface area contributed by atoms with Crippen molar-refractivity contribution in [2.75, 3.05) is 30.9 Å². The maximum absolute atomic E-state index is 14.5. The Morgan fingerprint density at radius 1 is 1.20 bits per heavy atom. The number of halogens is 4. The summed E-state index contributed by atoms with van der Waals surface area (Å²) in [6.45, 7) is 5.36. The molecule has 1 saturated heterocycles. The number of nitrogens with zero attached hydrogens (tertiary/aromatic N) is 1. The zero-order valence-electron chi connectivity index (χ0n) is 15.9. The molecule has 0 amide bonds. The van der Waals surface area contributed by atoms with Crippen LogP contribution in [-0.4, -0.2) is 45.7 Å². The molecule has 6 nitrogen and oxygen atoms in total. The molecule has 0 bridgehead atoms. The highest BCUT2D eigenvalue weighted by atomic mass is 79.9. The van der Waals surface area contributed by atoms with Gasteiger partial charge in [-0.15, -0.1) is 0 Å². The quantitative estimate of drug-likeness (QED) is 0.551. The number of piperazine rings is 1. The van der Waals surface area contributed by atoms with Gasteiger partial charge in [0.05, 0.1) is 8.95 Å². The molecule has 0 spiro atoms. The summed E-state index contributed by atoms with van der Waals surface area (Å²) in [6, 6.07) is 4.17. The molecule has 2 N–H and O–H groups in total. The van der Waals surface area contributed by atoms with Crippen LogP contribution in [0.25, 0.3) is 0 Å². The molecule has 1 fully saturated rings. The van der Waals surface area contributed by atoms with Gasteiger partial charge in [0.15, 0.2) is 12.0 Å². The second kappa shape index (κ2) is 8.34. The number of nitrogens with one attached hydrogen (secondary N) is 2. The second-order valence-electron chi connectivity index (χ2n) is 7.25. The highest BCUT2D eigenvalue weighted by Gasteiger charge is 2.32. The van der Waals surface area contributed by atoms with Gasteiger partial charge in [0.25, 0.3) is 10.0 Å². The van der Waals surface area contributed by atoms with E-state index in [0.29, 0.717) is 6.42 Å². The molecule has 2 aromatic rings. The van der Waals surface area contributed by atoms with Gasteiger partial charge < -0.3 is 10.1 Å². The van der Waals surface area contributed by atoms with Crippen molar-refractivity contribution in [3.05, 3.63) is 49.9 Å². The van der Waals surface area contributed by atoms with Gasteiger partial charge in [0.1, 0.15) is 16.5 Å². The van der Waals surface area contributed by atoms with Gasteiger partial charge in [0.2, 0.25) is 0 Å². The first-order valence-electron chi connectivity index (χ1n) is 9.28. The molecular formula is C19H19Br2F2N3O3S. The third-order valence-corrected chi connectivity index (χ3v) is 8.19. The van der Waals surface area contributed by atoms with Gasteiger partial charge in [-0.3, -0.25) is 9.62 Å². The monoisotopic (exact) mass is 565 g/mol. The maximum Gasteiger partial charge on any atom is 0.266 e. The molecule has 0 saturated carbocycles. The summed E-state index contributed by atoms with van der Waals surface area (Å²) >= 11 is 5.70. The van der Waals surface area contributed by atoms with E-state index in [2.05, 4.69) is 46.8 Å². The van der Waals surface area contributed by atoms with E-state index >= 15 is 0 Å². The molecule has 2 aliphatic rings. The summed E-state index contributed by atoms with van der Waals surface area (Å²) in [6.07, 6.45) is 0.522. The number of hydrogen-bond acceptors (Lipinski definition) is 5. The smallest absolute Gasteiger partial charge is 0.266 e. The number of sulfonamides is 1. The fraction of sp³-hybridized carbons (Fsp3) is 0.368. The van der Waals surface area contributed by atoms with Crippen LogP contribution in [0.15, 0.2) is 32.0 Å². The Balaban J connectivity index is 1.63. The predicted octanol–water partition coefficient (Wildman–Crippen LogP) is 3.77. The molecule has 2 heterocycles. The fourth-order valence-electron chi connectivity index (χ4n) is 3.76. The number of anilines is 1. The number of aryl methyl sites for hydroxylation is 1. The maximum atomic E-state index is 14.5. The molecule has 2 aliphatic heterocycles. The number of rotatable bonds is 4. The molecule has 0 aromatic heterocycles. The topological polar surface area (TPSA) is 70.7 Å². The minimum atomic E-state index is -4.39. The summed E-state index contributed by atoms with van der Waals surface area (Å²) < 4.78 is 62.0. The molecule has 162 valence electrons. The molecule has 1 atom stereocenters. The zero-order chi connectivity index (χ0) is 21.6. The Labute approximate surface area is 190 Å². The van der Waals surface area contributed by atoms with Crippen LogP contribution in [0, 0.1) is 18.6 Å². The normalized spacial score (nSPS) is 19.4. The molecule has 0 aliphatic carbocycles. The third kappa shape index (κ3) is 4.10. The van der Waals surface area contributed by atoms with E-state index in [1.807, 2.05) is 6.92 Å². The lowest BCUT2D eigenvalue weighted by Gasteiger charge is -2.31. The molecule has 0 radical (unpaired) electrons. The second-order valence-corrected chi connectivity index (χ2v) is 10.5. The van der Waals surface area contributed by atoms with Crippen LogP contribution < -0.4 is 14.8 Å². The number of hydrogen-bond donors (Lipinski definition) is 2. The molecule has 1 unspecified atom stereocenters. The number of fused-ring (bicyclic) bond motifs is 1. The van der Waals surface area contributed by atoms with Crippen LogP contribution in [0.3, 0.4) is 0 Å². The standard InChI is InChI=1S/C19H19Br2F2N3O3S/c1-10-6-12(7-11-8-15(29-18(10)11)26-4-2-24-3-5-26)25-30(27,28)19-16(21)14(22)9-13(20)17(19)23/h6-7,9,15,24-25H,2-5,8H2,1H3. The zero-order valence-corrected chi connectivity index (χ0v) is 19.9. The van der Waals surface area contributed by atoms with Gasteiger partial charge in [0, 0.05) is 43.9 Å². The highest BCUT2D eigenvalue weighted by molar-refractivity contribution is 9.11. The average Bonchev–Trinajstić information content (AvgIpc) is 3.11. The van der Waals surface area contributed by atoms with Gasteiger partial charge in [-0.05, 0) is 62.5 Å². The van der Waals surface area contributed by atoms with Crippen LogP contribution in [0.4, 0.5) is 14.5 Å². The lowest BCUT2D eigenvalue weighted by Crippen LogP contribution is -2.50. The van der Waals surface area contributed by atoms with Crippen LogP contribution in [0.5, 0.6) is 5.75 Å². The molecule has 30 heavy (non-hydrogen) atoms. The third-order valence-electron chi connectivity index (χ3n) is 5.15. The van der Waals surface area contributed by atoms with E-state index in [4.69, 9.17) is 4.74 Å². The minimum Gasteiger partial charge on any atom is -0.474 e. The van der Waals surface area contributed by atoms with E-state index < -0.39 is 31.0 Å². The summed E-state index contributed by atoms with van der Waals surface area (Å²) in [7, 11) is -4.39. The Morgan fingerprint density at radius 2 is 1.90 bits per heavy atom. The van der Waals surface area contributed by atoms with Crippen molar-refractivity contribution in [1.82, 2.24) is 10.2 Å². The lowest BCUT2D eigenvalue weighted by molar-refractivity contribution is 0.0335. The van der Waals surface area contributed by atoms with Crippen molar-refractivity contribution in [2.45, 2.75) is 24.5 Å². The van der Waals surface area contributed by atoms with Crippen molar-refractivity contribution < 1.29 is 21.9 Å². The molecule has 4 rings (SSSR count). The summed E-state index contributed by atoms with van der Waals surface area (Å²) in [4.78, 5) is 1.46. The first-order valence-corrected chi connectivity index (χ1v) is 12.3. The van der Waals surface area contributed by atoms with Crippen LogP contribution in [0.2, 0.25) is 0 Å². The van der Waals surface area contributed by atoms with Crippen LogP contribution in [-0.2, 0) is 16.4 Å². The van der Waals surface area contributed by atoms with Crippen molar-refractivity contribution in [2.24, 2.45) is 0 Å². The number of benzene rings is 2. The largest absolute Gasteiger partial charge is 0.474 e. The number of ether oxygens (including phenoxy) is 1. The van der Waals surface area contributed by atoms with E-state index in [0.717, 1.165) is 49.1 Å². The van der Waals surface area contributed by atoms with E-state index in [1.165, 1.54) is 0 Å².